The van der Waals surface area contributed by atoms with E-state index in [9.17, 15) is 0 Å². The summed E-state index contributed by atoms with van der Waals surface area (Å²) in [6, 6.07) is 6.24. The number of halogens is 2. The first kappa shape index (κ1) is 14.0. The van der Waals surface area contributed by atoms with Gasteiger partial charge in [0.25, 0.3) is 0 Å². The van der Waals surface area contributed by atoms with Crippen LogP contribution < -0.4 is 5.73 Å². The Bertz CT molecular complexity index is 342. The van der Waals surface area contributed by atoms with Gasteiger partial charge < -0.3 is 5.73 Å². The summed E-state index contributed by atoms with van der Waals surface area (Å²) in [6.07, 6.45) is 0.946. The van der Waals surface area contributed by atoms with Crippen LogP contribution in [0.25, 0.3) is 0 Å². The van der Waals surface area contributed by atoms with E-state index in [2.05, 4.69) is 42.8 Å². The molecule has 3 heteroatoms. The molecule has 0 saturated carbocycles. The fourth-order valence-corrected chi connectivity index (χ4v) is 2.72. The summed E-state index contributed by atoms with van der Waals surface area (Å²) in [4.78, 5) is 0. The predicted molar refractivity (Wildman–Crippen MR) is 74.8 cm³/mol. The zero-order valence-corrected chi connectivity index (χ0v) is 12.3. The van der Waals surface area contributed by atoms with Gasteiger partial charge in [-0.25, -0.2) is 0 Å². The third-order valence-electron chi connectivity index (χ3n) is 3.00. The van der Waals surface area contributed by atoms with Gasteiger partial charge in [-0.2, -0.15) is 0 Å². The molecule has 1 aromatic rings. The molecule has 16 heavy (non-hydrogen) atoms. The molecular formula is C13H19BrClN. The van der Waals surface area contributed by atoms with E-state index in [4.69, 9.17) is 17.3 Å². The summed E-state index contributed by atoms with van der Waals surface area (Å²) < 4.78 is 1.02. The molecular weight excluding hydrogens is 286 g/mol. The number of rotatable bonds is 4. The third-order valence-corrected chi connectivity index (χ3v) is 3.85. The lowest BCUT2D eigenvalue weighted by atomic mass is 9.84. The van der Waals surface area contributed by atoms with Gasteiger partial charge in [0.2, 0.25) is 0 Å². The number of benzene rings is 1. The fraction of sp³-hybridized carbons (Fsp3) is 0.538. The molecule has 0 saturated heterocycles. The molecule has 1 nitrogen and oxygen atoms in total. The average Bonchev–Trinajstić information content (AvgIpc) is 2.15. The zero-order chi connectivity index (χ0) is 12.3. The van der Waals surface area contributed by atoms with Crippen LogP contribution in [0.5, 0.6) is 0 Å². The van der Waals surface area contributed by atoms with Crippen molar-refractivity contribution in [2.75, 3.05) is 0 Å². The maximum Gasteiger partial charge on any atom is 0.0449 e. The van der Waals surface area contributed by atoms with Gasteiger partial charge in [0.05, 0.1) is 0 Å². The molecule has 0 fully saturated rings. The van der Waals surface area contributed by atoms with E-state index in [-0.39, 0.29) is 6.04 Å². The molecule has 0 aliphatic carbocycles. The van der Waals surface area contributed by atoms with Gasteiger partial charge in [0.1, 0.15) is 0 Å². The van der Waals surface area contributed by atoms with Crippen LogP contribution in [0.3, 0.4) is 0 Å². The van der Waals surface area contributed by atoms with Crippen molar-refractivity contribution in [3.8, 4) is 0 Å². The molecule has 2 unspecified atom stereocenters. The second-order valence-corrected chi connectivity index (χ2v) is 6.03. The lowest BCUT2D eigenvalue weighted by Crippen LogP contribution is -2.32. The Hall–Kier alpha value is -0.0500. The summed E-state index contributed by atoms with van der Waals surface area (Å²) in [5.41, 5.74) is 7.19. The van der Waals surface area contributed by atoms with E-state index >= 15 is 0 Å². The van der Waals surface area contributed by atoms with Crippen molar-refractivity contribution in [3.63, 3.8) is 0 Å². The second-order valence-electron chi connectivity index (χ2n) is 4.71. The Morgan fingerprint density at radius 3 is 2.38 bits per heavy atom. The zero-order valence-electron chi connectivity index (χ0n) is 10.0. The van der Waals surface area contributed by atoms with Crippen molar-refractivity contribution in [2.45, 2.75) is 33.2 Å². The largest absolute Gasteiger partial charge is 0.328 e. The molecule has 90 valence electrons. The molecule has 0 aliphatic heterocycles. The third kappa shape index (κ3) is 3.76. The molecule has 0 aromatic heterocycles. The van der Waals surface area contributed by atoms with Crippen LogP contribution in [0.4, 0.5) is 0 Å². The van der Waals surface area contributed by atoms with Crippen LogP contribution in [0.1, 0.15) is 26.3 Å². The molecule has 2 atom stereocenters. The molecule has 0 amide bonds. The quantitative estimate of drug-likeness (QED) is 0.883. The van der Waals surface area contributed by atoms with Gasteiger partial charge in [0.15, 0.2) is 0 Å². The van der Waals surface area contributed by atoms with Gasteiger partial charge in [-0.3, -0.25) is 0 Å². The Morgan fingerprint density at radius 2 is 1.94 bits per heavy atom. The molecule has 0 spiro atoms. The topological polar surface area (TPSA) is 26.0 Å². The summed E-state index contributed by atoms with van der Waals surface area (Å²) >= 11 is 9.62. The minimum Gasteiger partial charge on any atom is -0.328 e. The van der Waals surface area contributed by atoms with Crippen LogP contribution in [0.2, 0.25) is 5.02 Å². The smallest absolute Gasteiger partial charge is 0.0449 e. The van der Waals surface area contributed by atoms with E-state index in [1.807, 2.05) is 12.1 Å². The SMILES string of the molecule is CC(C)C(Cc1ccc(Br)cc1Cl)C(C)N. The van der Waals surface area contributed by atoms with Crippen molar-refractivity contribution in [1.29, 1.82) is 0 Å². The molecule has 0 heterocycles. The van der Waals surface area contributed by atoms with Gasteiger partial charge in [-0.15, -0.1) is 0 Å². The summed E-state index contributed by atoms with van der Waals surface area (Å²) in [5.74, 6) is 1.04. The minimum absolute atomic E-state index is 0.194. The standard InChI is InChI=1S/C13H19BrClN/c1-8(2)12(9(3)16)6-10-4-5-11(14)7-13(10)15/h4-5,7-9,12H,6,16H2,1-3H3. The van der Waals surface area contributed by atoms with E-state index in [0.29, 0.717) is 11.8 Å². The summed E-state index contributed by atoms with van der Waals surface area (Å²) in [5, 5.41) is 0.820. The highest BCUT2D eigenvalue weighted by Crippen LogP contribution is 2.27. The minimum atomic E-state index is 0.194. The number of hydrogen-bond acceptors (Lipinski definition) is 1. The highest BCUT2D eigenvalue weighted by molar-refractivity contribution is 9.10. The Balaban J connectivity index is 2.85. The van der Waals surface area contributed by atoms with Gasteiger partial charge in [0, 0.05) is 15.5 Å². The van der Waals surface area contributed by atoms with E-state index in [1.165, 1.54) is 5.56 Å². The van der Waals surface area contributed by atoms with Crippen LogP contribution in [0, 0.1) is 11.8 Å². The van der Waals surface area contributed by atoms with Crippen LogP contribution >= 0.6 is 27.5 Å². The first-order valence-electron chi connectivity index (χ1n) is 5.61. The normalized spacial score (nSPS) is 15.2. The van der Waals surface area contributed by atoms with Crippen molar-refractivity contribution >= 4 is 27.5 Å². The lowest BCUT2D eigenvalue weighted by Gasteiger charge is -2.25. The number of hydrogen-bond donors (Lipinski definition) is 1. The molecule has 0 radical (unpaired) electrons. The Kier molecular flexibility index (Phi) is 5.29. The van der Waals surface area contributed by atoms with E-state index < -0.39 is 0 Å². The Labute approximate surface area is 111 Å². The number of nitrogens with two attached hydrogens (primary N) is 1. The maximum absolute atomic E-state index is 6.21. The lowest BCUT2D eigenvalue weighted by molar-refractivity contribution is 0.330. The van der Waals surface area contributed by atoms with Crippen molar-refractivity contribution in [2.24, 2.45) is 17.6 Å². The van der Waals surface area contributed by atoms with E-state index in [0.717, 1.165) is 15.9 Å². The van der Waals surface area contributed by atoms with Crippen LogP contribution in [-0.2, 0) is 6.42 Å². The Morgan fingerprint density at radius 1 is 1.31 bits per heavy atom. The van der Waals surface area contributed by atoms with Crippen molar-refractivity contribution in [3.05, 3.63) is 33.3 Å². The highest BCUT2D eigenvalue weighted by Gasteiger charge is 2.19. The molecule has 0 bridgehead atoms. The first-order valence-corrected chi connectivity index (χ1v) is 6.78. The fourth-order valence-electron chi connectivity index (χ4n) is 1.97. The molecule has 1 rings (SSSR count). The average molecular weight is 305 g/mol. The second kappa shape index (κ2) is 6.04. The molecule has 2 N–H and O–H groups in total. The van der Waals surface area contributed by atoms with Gasteiger partial charge >= 0.3 is 0 Å². The van der Waals surface area contributed by atoms with Crippen molar-refractivity contribution < 1.29 is 0 Å². The predicted octanol–water partition coefficient (Wildman–Crippen LogP) is 4.26. The summed E-state index contributed by atoms with van der Waals surface area (Å²) in [6.45, 7) is 6.49. The van der Waals surface area contributed by atoms with Crippen LogP contribution in [-0.4, -0.2) is 6.04 Å². The molecule has 0 aliphatic rings. The summed E-state index contributed by atoms with van der Waals surface area (Å²) in [7, 11) is 0. The highest BCUT2D eigenvalue weighted by atomic mass is 79.9. The van der Waals surface area contributed by atoms with Gasteiger partial charge in [-0.05, 0) is 42.9 Å². The first-order chi connectivity index (χ1) is 7.41. The van der Waals surface area contributed by atoms with Crippen LogP contribution in [0.15, 0.2) is 22.7 Å². The van der Waals surface area contributed by atoms with E-state index in [1.54, 1.807) is 0 Å². The van der Waals surface area contributed by atoms with Gasteiger partial charge in [-0.1, -0.05) is 47.4 Å². The molecule has 1 aromatic carbocycles. The monoisotopic (exact) mass is 303 g/mol. The maximum atomic E-state index is 6.21. The van der Waals surface area contributed by atoms with Crippen molar-refractivity contribution in [1.82, 2.24) is 0 Å².